The summed E-state index contributed by atoms with van der Waals surface area (Å²) in [5.41, 5.74) is 1.42. The Morgan fingerprint density at radius 1 is 1.20 bits per heavy atom. The quantitative estimate of drug-likeness (QED) is 0.751. The molecule has 1 heterocycles. The number of benzene rings is 1. The average Bonchev–Trinajstić information content (AvgIpc) is 2.96. The fraction of sp³-hybridized carbons (Fsp3) is 0.500. The van der Waals surface area contributed by atoms with E-state index in [9.17, 15) is 0 Å². The van der Waals surface area contributed by atoms with Gasteiger partial charge in [0.2, 0.25) is 0 Å². The van der Waals surface area contributed by atoms with Gasteiger partial charge in [0.25, 0.3) is 0 Å². The number of nitrogens with zero attached hydrogens (tertiary/aromatic N) is 3. The Hall–Kier alpha value is -1.68. The summed E-state index contributed by atoms with van der Waals surface area (Å²) in [7, 11) is 0. The van der Waals surface area contributed by atoms with E-state index in [4.69, 9.17) is 0 Å². The van der Waals surface area contributed by atoms with Crippen molar-refractivity contribution in [3.05, 3.63) is 48.3 Å². The normalized spacial score (nSPS) is 12.8. The van der Waals surface area contributed by atoms with Gasteiger partial charge in [-0.15, -0.1) is 5.10 Å². The van der Waals surface area contributed by atoms with E-state index in [-0.39, 0.29) is 0 Å². The fourth-order valence-corrected chi connectivity index (χ4v) is 2.41. The van der Waals surface area contributed by atoms with E-state index in [1.807, 2.05) is 10.9 Å². The number of aromatic nitrogens is 3. The van der Waals surface area contributed by atoms with Crippen LogP contribution in [0.2, 0.25) is 0 Å². The Morgan fingerprint density at radius 2 is 2.00 bits per heavy atom. The van der Waals surface area contributed by atoms with Gasteiger partial charge in [-0.05, 0) is 30.4 Å². The highest BCUT2D eigenvalue weighted by molar-refractivity contribution is 5.20. The van der Waals surface area contributed by atoms with Crippen LogP contribution in [-0.2, 0) is 6.54 Å². The number of rotatable bonds is 8. The Kier molecular flexibility index (Phi) is 5.74. The number of aryl methyl sites for hydroxylation is 1. The highest BCUT2D eigenvalue weighted by Crippen LogP contribution is 2.23. The van der Waals surface area contributed by atoms with Gasteiger partial charge in [-0.25, -0.2) is 0 Å². The molecule has 1 aromatic heterocycles. The molecule has 0 saturated heterocycles. The van der Waals surface area contributed by atoms with Crippen molar-refractivity contribution in [3.63, 3.8) is 0 Å². The van der Waals surface area contributed by atoms with Gasteiger partial charge in [0.15, 0.2) is 0 Å². The van der Waals surface area contributed by atoms with Crippen molar-refractivity contribution in [2.75, 3.05) is 13.1 Å². The second kappa shape index (κ2) is 7.80. The zero-order valence-electron chi connectivity index (χ0n) is 12.4. The Balaban J connectivity index is 1.73. The summed E-state index contributed by atoms with van der Waals surface area (Å²) >= 11 is 0. The molecule has 0 fully saturated rings. The highest BCUT2D eigenvalue weighted by atomic mass is 15.4. The number of nitrogens with one attached hydrogen (secondary N) is 1. The highest BCUT2D eigenvalue weighted by Gasteiger charge is 2.14. The van der Waals surface area contributed by atoms with E-state index in [1.165, 1.54) is 5.56 Å². The van der Waals surface area contributed by atoms with Gasteiger partial charge in [0.05, 0.1) is 6.20 Å². The predicted molar refractivity (Wildman–Crippen MR) is 81.5 cm³/mol. The summed E-state index contributed by atoms with van der Waals surface area (Å²) in [4.78, 5) is 0. The maximum absolute atomic E-state index is 3.96. The second-order valence-electron chi connectivity index (χ2n) is 5.48. The molecule has 1 N–H and O–H groups in total. The van der Waals surface area contributed by atoms with Gasteiger partial charge in [-0.3, -0.25) is 4.68 Å². The van der Waals surface area contributed by atoms with Crippen LogP contribution in [0.5, 0.6) is 0 Å². The van der Waals surface area contributed by atoms with E-state index >= 15 is 0 Å². The fourth-order valence-electron chi connectivity index (χ4n) is 2.41. The zero-order valence-corrected chi connectivity index (χ0v) is 12.4. The van der Waals surface area contributed by atoms with Gasteiger partial charge in [0, 0.05) is 19.3 Å². The van der Waals surface area contributed by atoms with Gasteiger partial charge in [0.1, 0.15) is 0 Å². The predicted octanol–water partition coefficient (Wildman–Crippen LogP) is 2.70. The summed E-state index contributed by atoms with van der Waals surface area (Å²) in [5, 5.41) is 11.3. The van der Waals surface area contributed by atoms with Crippen molar-refractivity contribution in [3.8, 4) is 0 Å². The molecule has 0 amide bonds. The van der Waals surface area contributed by atoms with E-state index < -0.39 is 0 Å². The van der Waals surface area contributed by atoms with Gasteiger partial charge in [-0.1, -0.05) is 49.4 Å². The Bertz CT molecular complexity index is 464. The van der Waals surface area contributed by atoms with Crippen LogP contribution >= 0.6 is 0 Å². The number of hydrogen-bond donors (Lipinski definition) is 1. The topological polar surface area (TPSA) is 42.7 Å². The first-order chi connectivity index (χ1) is 9.77. The van der Waals surface area contributed by atoms with E-state index in [0.29, 0.717) is 11.8 Å². The molecule has 20 heavy (non-hydrogen) atoms. The van der Waals surface area contributed by atoms with Crippen LogP contribution in [0, 0.1) is 5.92 Å². The average molecular weight is 272 g/mol. The lowest BCUT2D eigenvalue weighted by Crippen LogP contribution is -2.26. The lowest BCUT2D eigenvalue weighted by atomic mass is 9.88. The molecule has 4 heteroatoms. The first kappa shape index (κ1) is 14.7. The molecule has 0 aliphatic rings. The summed E-state index contributed by atoms with van der Waals surface area (Å²) in [5.74, 6) is 1.21. The van der Waals surface area contributed by atoms with Crippen molar-refractivity contribution >= 4 is 0 Å². The Labute approximate surface area is 121 Å². The summed E-state index contributed by atoms with van der Waals surface area (Å²) in [6.45, 7) is 7.53. The molecule has 1 atom stereocenters. The SMILES string of the molecule is CC(C)C(CNCCCn1ccnn1)c1ccccc1. The molecule has 0 radical (unpaired) electrons. The molecule has 0 saturated carbocycles. The molecule has 0 aliphatic carbocycles. The number of hydrogen-bond acceptors (Lipinski definition) is 3. The minimum atomic E-state index is 0.572. The van der Waals surface area contributed by atoms with E-state index in [1.54, 1.807) is 6.20 Å². The van der Waals surface area contributed by atoms with Crippen molar-refractivity contribution in [2.45, 2.75) is 32.7 Å². The maximum Gasteiger partial charge on any atom is 0.0692 e. The first-order valence-electron chi connectivity index (χ1n) is 7.37. The van der Waals surface area contributed by atoms with Gasteiger partial charge < -0.3 is 5.32 Å². The summed E-state index contributed by atoms with van der Waals surface area (Å²) in [6, 6.07) is 10.8. The molecular weight excluding hydrogens is 248 g/mol. The van der Waals surface area contributed by atoms with E-state index in [2.05, 4.69) is 59.8 Å². The second-order valence-corrected chi connectivity index (χ2v) is 5.48. The molecular formula is C16H24N4. The summed E-state index contributed by atoms with van der Waals surface area (Å²) in [6.07, 6.45) is 4.70. The molecule has 4 nitrogen and oxygen atoms in total. The van der Waals surface area contributed by atoms with Crippen LogP contribution in [-0.4, -0.2) is 28.1 Å². The minimum Gasteiger partial charge on any atom is -0.316 e. The molecule has 0 bridgehead atoms. The van der Waals surface area contributed by atoms with Crippen LogP contribution in [0.15, 0.2) is 42.7 Å². The molecule has 0 aliphatic heterocycles. The largest absolute Gasteiger partial charge is 0.316 e. The molecule has 1 aromatic carbocycles. The smallest absolute Gasteiger partial charge is 0.0692 e. The molecule has 0 spiro atoms. The third-order valence-corrected chi connectivity index (χ3v) is 3.61. The molecule has 1 unspecified atom stereocenters. The standard InChI is InChI=1S/C16H24N4/c1-14(2)16(15-7-4-3-5-8-15)13-17-9-6-11-20-12-10-18-19-20/h3-5,7-8,10,12,14,16-17H,6,9,11,13H2,1-2H3. The molecule has 108 valence electrons. The van der Waals surface area contributed by atoms with Crippen molar-refractivity contribution < 1.29 is 0 Å². The monoisotopic (exact) mass is 272 g/mol. The molecule has 2 rings (SSSR count). The first-order valence-corrected chi connectivity index (χ1v) is 7.37. The van der Waals surface area contributed by atoms with Crippen molar-refractivity contribution in [1.82, 2.24) is 20.3 Å². The lowest BCUT2D eigenvalue weighted by molar-refractivity contribution is 0.449. The van der Waals surface area contributed by atoms with Crippen LogP contribution in [0.25, 0.3) is 0 Å². The van der Waals surface area contributed by atoms with Crippen molar-refractivity contribution in [1.29, 1.82) is 0 Å². The van der Waals surface area contributed by atoms with Crippen LogP contribution in [0.3, 0.4) is 0 Å². The Morgan fingerprint density at radius 3 is 2.65 bits per heavy atom. The van der Waals surface area contributed by atoms with Crippen LogP contribution in [0.4, 0.5) is 0 Å². The zero-order chi connectivity index (χ0) is 14.2. The summed E-state index contributed by atoms with van der Waals surface area (Å²) < 4.78 is 1.87. The van der Waals surface area contributed by atoms with Crippen LogP contribution < -0.4 is 5.32 Å². The van der Waals surface area contributed by atoms with Gasteiger partial charge >= 0.3 is 0 Å². The van der Waals surface area contributed by atoms with Crippen molar-refractivity contribution in [2.24, 2.45) is 5.92 Å². The van der Waals surface area contributed by atoms with E-state index in [0.717, 1.165) is 26.1 Å². The molecule has 2 aromatic rings. The lowest BCUT2D eigenvalue weighted by Gasteiger charge is -2.22. The third kappa shape index (κ3) is 4.46. The van der Waals surface area contributed by atoms with Crippen LogP contribution in [0.1, 0.15) is 31.7 Å². The minimum absolute atomic E-state index is 0.572. The maximum atomic E-state index is 3.96. The van der Waals surface area contributed by atoms with Gasteiger partial charge in [-0.2, -0.15) is 0 Å². The third-order valence-electron chi connectivity index (χ3n) is 3.61.